The van der Waals surface area contributed by atoms with Crippen LogP contribution in [0.25, 0.3) is 0 Å². The lowest BCUT2D eigenvalue weighted by Crippen LogP contribution is -2.41. The van der Waals surface area contributed by atoms with Crippen LogP contribution in [0.5, 0.6) is 5.75 Å². The fourth-order valence-electron chi connectivity index (χ4n) is 2.07. The predicted octanol–water partition coefficient (Wildman–Crippen LogP) is 2.98. The highest BCUT2D eigenvalue weighted by atomic mass is 16.7. The van der Waals surface area contributed by atoms with Crippen LogP contribution in [0.4, 0.5) is 0 Å². The van der Waals surface area contributed by atoms with Crippen LogP contribution in [-0.4, -0.2) is 30.7 Å². The van der Waals surface area contributed by atoms with Crippen molar-refractivity contribution in [1.29, 1.82) is 0 Å². The molecule has 0 radical (unpaired) electrons. The summed E-state index contributed by atoms with van der Waals surface area (Å²) in [6.45, 7) is 13.9. The highest BCUT2D eigenvalue weighted by Crippen LogP contribution is 2.36. The fourth-order valence-corrected chi connectivity index (χ4v) is 2.07. The van der Waals surface area contributed by atoms with Crippen molar-refractivity contribution in [3.63, 3.8) is 0 Å². The molecule has 1 fully saturated rings. The summed E-state index contributed by atoms with van der Waals surface area (Å²) in [5.41, 5.74) is -0.219. The zero-order valence-electron chi connectivity index (χ0n) is 15.2. The molecule has 1 aromatic carbocycles. The largest absolute Gasteiger partial charge is 0.494 e. The molecule has 5 heteroatoms. The number of carbonyl (C=O) groups excluding carboxylic acids is 1. The van der Waals surface area contributed by atoms with Gasteiger partial charge >= 0.3 is 7.12 Å². The number of rotatable bonds is 5. The molecule has 0 saturated carbocycles. The smallest absolute Gasteiger partial charge is 0.493 e. The summed E-state index contributed by atoms with van der Waals surface area (Å²) in [6.07, 6.45) is 0. The van der Waals surface area contributed by atoms with Gasteiger partial charge in [-0.05, 0) is 66.1 Å². The first-order valence-electron chi connectivity index (χ1n) is 8.04. The Morgan fingerprint density at radius 1 is 1.09 bits per heavy atom. The summed E-state index contributed by atoms with van der Waals surface area (Å²) < 4.78 is 17.8. The fraction of sp³-hybridized carbons (Fsp3) is 0.611. The molecule has 0 amide bonds. The van der Waals surface area contributed by atoms with Gasteiger partial charge < -0.3 is 14.0 Å². The number of ketones is 1. The van der Waals surface area contributed by atoms with E-state index in [-0.39, 0.29) is 24.1 Å². The summed E-state index contributed by atoms with van der Waals surface area (Å²) in [5, 5.41) is 0. The summed E-state index contributed by atoms with van der Waals surface area (Å²) in [7, 11) is -0.372. The number of ether oxygens (including phenoxy) is 1. The summed E-state index contributed by atoms with van der Waals surface area (Å²) in [5.74, 6) is 0.853. The SMILES string of the molecule is CC(=O)C(C)(C)COc1ccc(B2OC(C)(C)C(C)(C)O2)cc1. The lowest BCUT2D eigenvalue weighted by atomic mass is 9.79. The Bertz CT molecular complexity index is 559. The van der Waals surface area contributed by atoms with Crippen LogP contribution in [-0.2, 0) is 14.1 Å². The van der Waals surface area contributed by atoms with Gasteiger partial charge in [-0.15, -0.1) is 0 Å². The molecule has 0 bridgehead atoms. The van der Waals surface area contributed by atoms with E-state index in [1.807, 2.05) is 65.8 Å². The number of carbonyl (C=O) groups is 1. The molecule has 1 saturated heterocycles. The van der Waals surface area contributed by atoms with Gasteiger partial charge in [-0.2, -0.15) is 0 Å². The second-order valence-corrected chi connectivity index (χ2v) is 7.89. The lowest BCUT2D eigenvalue weighted by molar-refractivity contribution is -0.126. The van der Waals surface area contributed by atoms with E-state index in [1.54, 1.807) is 6.92 Å². The molecule has 1 aliphatic heterocycles. The molecule has 1 heterocycles. The quantitative estimate of drug-likeness (QED) is 0.783. The first-order chi connectivity index (χ1) is 10.4. The molecular weight excluding hydrogens is 291 g/mol. The van der Waals surface area contributed by atoms with Gasteiger partial charge in [-0.3, -0.25) is 4.79 Å². The summed E-state index contributed by atoms with van der Waals surface area (Å²) >= 11 is 0. The van der Waals surface area contributed by atoms with Crippen molar-refractivity contribution in [2.75, 3.05) is 6.61 Å². The van der Waals surface area contributed by atoms with Crippen molar-refractivity contribution in [3.8, 4) is 5.75 Å². The molecule has 0 spiro atoms. The molecule has 1 aromatic rings. The van der Waals surface area contributed by atoms with E-state index < -0.39 is 5.41 Å². The molecular formula is C18H27BO4. The Morgan fingerprint density at radius 2 is 1.57 bits per heavy atom. The second-order valence-electron chi connectivity index (χ2n) is 7.89. The molecule has 2 rings (SSSR count). The predicted molar refractivity (Wildman–Crippen MR) is 92.1 cm³/mol. The number of hydrogen-bond acceptors (Lipinski definition) is 4. The molecule has 0 N–H and O–H groups in total. The van der Waals surface area contributed by atoms with Crippen molar-refractivity contribution in [1.82, 2.24) is 0 Å². The van der Waals surface area contributed by atoms with E-state index in [4.69, 9.17) is 14.0 Å². The van der Waals surface area contributed by atoms with Crippen molar-refractivity contribution < 1.29 is 18.8 Å². The average Bonchev–Trinajstić information content (AvgIpc) is 2.66. The topological polar surface area (TPSA) is 44.8 Å². The molecule has 0 aromatic heterocycles. The number of hydrogen-bond donors (Lipinski definition) is 0. The third-order valence-electron chi connectivity index (χ3n) is 4.96. The Kier molecular flexibility index (Phi) is 4.66. The maximum absolute atomic E-state index is 11.5. The molecule has 1 aliphatic rings. The van der Waals surface area contributed by atoms with E-state index in [2.05, 4.69) is 0 Å². The summed E-state index contributed by atoms with van der Waals surface area (Å²) in [6, 6.07) is 7.66. The monoisotopic (exact) mass is 318 g/mol. The van der Waals surface area contributed by atoms with E-state index in [0.29, 0.717) is 6.61 Å². The Labute approximate surface area is 139 Å². The van der Waals surface area contributed by atoms with Gasteiger partial charge in [0.1, 0.15) is 18.1 Å². The molecule has 0 unspecified atom stereocenters. The highest BCUT2D eigenvalue weighted by Gasteiger charge is 2.51. The van der Waals surface area contributed by atoms with Crippen LogP contribution in [0.1, 0.15) is 48.5 Å². The molecule has 0 atom stereocenters. The maximum Gasteiger partial charge on any atom is 0.494 e. The zero-order valence-corrected chi connectivity index (χ0v) is 15.2. The van der Waals surface area contributed by atoms with Gasteiger partial charge in [0.2, 0.25) is 0 Å². The lowest BCUT2D eigenvalue weighted by Gasteiger charge is -2.32. The second kappa shape index (κ2) is 5.95. The van der Waals surface area contributed by atoms with Crippen LogP contribution in [0.3, 0.4) is 0 Å². The third kappa shape index (κ3) is 3.78. The van der Waals surface area contributed by atoms with Gasteiger partial charge in [0.25, 0.3) is 0 Å². The van der Waals surface area contributed by atoms with Gasteiger partial charge in [-0.1, -0.05) is 12.1 Å². The molecule has 4 nitrogen and oxygen atoms in total. The molecule has 23 heavy (non-hydrogen) atoms. The van der Waals surface area contributed by atoms with Crippen molar-refractivity contribution >= 4 is 18.4 Å². The zero-order chi connectivity index (χ0) is 17.5. The van der Waals surface area contributed by atoms with E-state index >= 15 is 0 Å². The third-order valence-corrected chi connectivity index (χ3v) is 4.96. The van der Waals surface area contributed by atoms with Gasteiger partial charge in [-0.25, -0.2) is 0 Å². The van der Waals surface area contributed by atoms with Crippen LogP contribution in [0.2, 0.25) is 0 Å². The minimum absolute atomic E-state index is 0.117. The Hall–Kier alpha value is -1.33. The van der Waals surface area contributed by atoms with Gasteiger partial charge in [0.05, 0.1) is 16.6 Å². The number of benzene rings is 1. The van der Waals surface area contributed by atoms with Crippen LogP contribution in [0, 0.1) is 5.41 Å². The van der Waals surface area contributed by atoms with Gasteiger partial charge in [0.15, 0.2) is 0 Å². The van der Waals surface area contributed by atoms with E-state index in [0.717, 1.165) is 11.2 Å². The Morgan fingerprint density at radius 3 is 2.00 bits per heavy atom. The minimum Gasteiger partial charge on any atom is -0.493 e. The van der Waals surface area contributed by atoms with Crippen molar-refractivity contribution in [3.05, 3.63) is 24.3 Å². The van der Waals surface area contributed by atoms with E-state index in [9.17, 15) is 4.79 Å². The first-order valence-corrected chi connectivity index (χ1v) is 8.04. The normalized spacial score (nSPS) is 19.7. The highest BCUT2D eigenvalue weighted by molar-refractivity contribution is 6.62. The average molecular weight is 318 g/mol. The van der Waals surface area contributed by atoms with Gasteiger partial charge in [0, 0.05) is 0 Å². The summed E-state index contributed by atoms with van der Waals surface area (Å²) in [4.78, 5) is 11.5. The van der Waals surface area contributed by atoms with Crippen LogP contribution < -0.4 is 10.2 Å². The number of Topliss-reactive ketones (excluding diaryl/α,β-unsaturated/α-hetero) is 1. The van der Waals surface area contributed by atoms with E-state index in [1.165, 1.54) is 0 Å². The molecule has 0 aliphatic carbocycles. The minimum atomic E-state index is -0.482. The Balaban J connectivity index is 2.02. The van der Waals surface area contributed by atoms with Crippen LogP contribution in [0.15, 0.2) is 24.3 Å². The maximum atomic E-state index is 11.5. The van der Waals surface area contributed by atoms with Crippen LogP contribution >= 0.6 is 0 Å². The first kappa shape index (κ1) is 18.0. The standard InChI is InChI=1S/C18H27BO4/c1-13(20)16(2,3)12-21-15-10-8-14(9-11-15)19-22-17(4,5)18(6,7)23-19/h8-11H,12H2,1-7H3. The van der Waals surface area contributed by atoms with Crippen molar-refractivity contribution in [2.24, 2.45) is 5.41 Å². The van der Waals surface area contributed by atoms with Crippen molar-refractivity contribution in [2.45, 2.75) is 59.7 Å². The molecule has 126 valence electrons.